The summed E-state index contributed by atoms with van der Waals surface area (Å²) in [6, 6.07) is 28.0. The third-order valence-corrected chi connectivity index (χ3v) is 7.22. The van der Waals surface area contributed by atoms with Crippen molar-refractivity contribution in [1.82, 2.24) is 0 Å². The van der Waals surface area contributed by atoms with Crippen molar-refractivity contribution >= 4 is 11.9 Å². The molecule has 4 heteroatoms. The zero-order valence-corrected chi connectivity index (χ0v) is 26.0. The summed E-state index contributed by atoms with van der Waals surface area (Å²) in [5, 5.41) is 0. The van der Waals surface area contributed by atoms with Gasteiger partial charge in [-0.3, -0.25) is 0 Å². The van der Waals surface area contributed by atoms with E-state index in [0.29, 0.717) is 24.3 Å². The van der Waals surface area contributed by atoms with Crippen molar-refractivity contribution in [2.75, 3.05) is 13.2 Å². The quantitative estimate of drug-likeness (QED) is 0.106. The molecule has 0 bridgehead atoms. The maximum Gasteiger partial charge on any atom is 0.339 e. The summed E-state index contributed by atoms with van der Waals surface area (Å²) in [6.45, 7) is 5.17. The van der Waals surface area contributed by atoms with Crippen LogP contribution in [0.2, 0.25) is 0 Å². The molecule has 0 aliphatic heterocycles. The zero-order chi connectivity index (χ0) is 30.1. The van der Waals surface area contributed by atoms with Crippen LogP contribution >= 0.6 is 0 Å². The molecule has 3 rings (SSSR count). The normalized spacial score (nSPS) is 10.4. The molecular weight excluding hydrogens is 520 g/mol. The molecule has 0 heterocycles. The number of benzene rings is 3. The highest BCUT2D eigenvalue weighted by Gasteiger charge is 2.18. The van der Waals surface area contributed by atoms with Gasteiger partial charge < -0.3 is 9.47 Å². The fourth-order valence-electron chi connectivity index (χ4n) is 4.67. The van der Waals surface area contributed by atoms with Gasteiger partial charge in [-0.05, 0) is 48.9 Å². The predicted molar refractivity (Wildman–Crippen MR) is 174 cm³/mol. The smallest absolute Gasteiger partial charge is 0.339 e. The van der Waals surface area contributed by atoms with E-state index in [0.717, 1.165) is 38.5 Å². The van der Waals surface area contributed by atoms with Gasteiger partial charge in [0.05, 0.1) is 24.3 Å². The third kappa shape index (κ3) is 15.6. The first-order valence-electron chi connectivity index (χ1n) is 16.2. The molecule has 0 radical (unpaired) electrons. The van der Waals surface area contributed by atoms with Crippen molar-refractivity contribution in [3.63, 3.8) is 0 Å². The maximum atomic E-state index is 12.4. The van der Waals surface area contributed by atoms with Crippen LogP contribution in [-0.4, -0.2) is 25.2 Å². The monoisotopic (exact) mass is 572 g/mol. The van der Waals surface area contributed by atoms with Gasteiger partial charge in [0.25, 0.3) is 0 Å². The van der Waals surface area contributed by atoms with Gasteiger partial charge in [-0.25, -0.2) is 9.59 Å². The molecule has 0 saturated carbocycles. The van der Waals surface area contributed by atoms with Crippen LogP contribution in [0.5, 0.6) is 0 Å². The lowest BCUT2D eigenvalue weighted by atomic mass is 10.0. The molecule has 0 aromatic heterocycles. The Morgan fingerprint density at radius 1 is 0.452 bits per heavy atom. The second-order valence-corrected chi connectivity index (χ2v) is 10.8. The highest BCUT2D eigenvalue weighted by atomic mass is 16.5. The molecule has 3 aromatic carbocycles. The van der Waals surface area contributed by atoms with Gasteiger partial charge in [0.2, 0.25) is 0 Å². The van der Waals surface area contributed by atoms with Crippen molar-refractivity contribution in [2.45, 2.75) is 104 Å². The van der Waals surface area contributed by atoms with E-state index in [2.05, 4.69) is 74.5 Å². The highest BCUT2D eigenvalue weighted by Crippen LogP contribution is 2.14. The fourth-order valence-corrected chi connectivity index (χ4v) is 4.67. The van der Waals surface area contributed by atoms with Crippen LogP contribution in [0.4, 0.5) is 0 Å². The molecule has 0 fully saturated rings. The number of carbonyl (C=O) groups excluding carboxylic acids is 2. The largest absolute Gasteiger partial charge is 0.462 e. The SMILES string of the molecule is CCCCCCCCOC(=O)c1ccccc1C(=O)OCCCCCCCC.c1ccc(CCc2ccccc2)cc1. The summed E-state index contributed by atoms with van der Waals surface area (Å²) in [4.78, 5) is 24.7. The Labute approximate surface area is 254 Å². The first kappa shape index (κ1) is 34.8. The Hall–Kier alpha value is -3.40. The number of esters is 2. The minimum absolute atomic E-state index is 0.293. The topological polar surface area (TPSA) is 52.6 Å². The lowest BCUT2D eigenvalue weighted by Gasteiger charge is -2.10. The highest BCUT2D eigenvalue weighted by molar-refractivity contribution is 6.03. The van der Waals surface area contributed by atoms with Gasteiger partial charge in [0, 0.05) is 0 Å². The number of aryl methyl sites for hydroxylation is 2. The number of carbonyl (C=O) groups is 2. The van der Waals surface area contributed by atoms with E-state index >= 15 is 0 Å². The molecular formula is C38H52O4. The minimum atomic E-state index is -0.444. The van der Waals surface area contributed by atoms with E-state index in [1.165, 1.54) is 62.5 Å². The predicted octanol–water partition coefficient (Wildman–Crippen LogP) is 10.2. The van der Waals surface area contributed by atoms with Crippen LogP contribution in [0.25, 0.3) is 0 Å². The molecule has 228 valence electrons. The molecule has 0 atom stereocenters. The molecule has 3 aromatic rings. The molecule has 4 nitrogen and oxygen atoms in total. The van der Waals surface area contributed by atoms with Gasteiger partial charge >= 0.3 is 11.9 Å². The number of unbranched alkanes of at least 4 members (excludes halogenated alkanes) is 10. The van der Waals surface area contributed by atoms with Crippen LogP contribution in [0.3, 0.4) is 0 Å². The number of rotatable bonds is 19. The maximum absolute atomic E-state index is 12.4. The van der Waals surface area contributed by atoms with E-state index in [4.69, 9.17) is 9.47 Å². The van der Waals surface area contributed by atoms with Crippen molar-refractivity contribution in [3.05, 3.63) is 107 Å². The van der Waals surface area contributed by atoms with E-state index in [9.17, 15) is 9.59 Å². The van der Waals surface area contributed by atoms with E-state index in [1.54, 1.807) is 24.3 Å². The molecule has 0 unspecified atom stereocenters. The molecule has 42 heavy (non-hydrogen) atoms. The summed E-state index contributed by atoms with van der Waals surface area (Å²) in [6.07, 6.45) is 15.9. The van der Waals surface area contributed by atoms with E-state index in [-0.39, 0.29) is 0 Å². The average molecular weight is 573 g/mol. The third-order valence-electron chi connectivity index (χ3n) is 7.22. The van der Waals surface area contributed by atoms with Gasteiger partial charge in [0.15, 0.2) is 0 Å². The molecule has 0 spiro atoms. The van der Waals surface area contributed by atoms with Gasteiger partial charge in [-0.2, -0.15) is 0 Å². The lowest BCUT2D eigenvalue weighted by molar-refractivity contribution is 0.0450. The van der Waals surface area contributed by atoms with Crippen LogP contribution in [0, 0.1) is 0 Å². The Morgan fingerprint density at radius 3 is 1.17 bits per heavy atom. The van der Waals surface area contributed by atoms with Crippen molar-refractivity contribution in [3.8, 4) is 0 Å². The molecule has 0 N–H and O–H groups in total. The first-order valence-corrected chi connectivity index (χ1v) is 16.2. The van der Waals surface area contributed by atoms with Crippen LogP contribution in [0.1, 0.15) is 123 Å². The standard InChI is InChI=1S/C24H38O4.C14H14/c1-3-5-7-9-11-15-19-27-23(25)21-17-13-14-18-22(21)24(26)28-20-16-12-10-8-6-4-2;1-3-7-13(8-4-1)11-12-14-9-5-2-6-10-14/h13-14,17-18H,3-12,15-16,19-20H2,1-2H3;1-10H,11-12H2. The van der Waals surface area contributed by atoms with Crippen LogP contribution in [0.15, 0.2) is 84.9 Å². The van der Waals surface area contributed by atoms with Gasteiger partial charge in [0.1, 0.15) is 0 Å². The summed E-state index contributed by atoms with van der Waals surface area (Å²) in [5.74, 6) is -0.888. The first-order chi connectivity index (χ1) is 20.7. The van der Waals surface area contributed by atoms with Crippen molar-refractivity contribution in [2.24, 2.45) is 0 Å². The lowest BCUT2D eigenvalue weighted by Crippen LogP contribution is -2.15. The molecule has 0 amide bonds. The minimum Gasteiger partial charge on any atom is -0.462 e. The average Bonchev–Trinajstić information content (AvgIpc) is 3.04. The fraction of sp³-hybridized carbons (Fsp3) is 0.474. The summed E-state index contributed by atoms with van der Waals surface area (Å²) >= 11 is 0. The Morgan fingerprint density at radius 2 is 0.786 bits per heavy atom. The van der Waals surface area contributed by atoms with Crippen molar-refractivity contribution in [1.29, 1.82) is 0 Å². The molecule has 0 aliphatic rings. The van der Waals surface area contributed by atoms with Gasteiger partial charge in [-0.15, -0.1) is 0 Å². The van der Waals surface area contributed by atoms with Crippen LogP contribution in [-0.2, 0) is 22.3 Å². The van der Waals surface area contributed by atoms with E-state index < -0.39 is 11.9 Å². The molecule has 0 aliphatic carbocycles. The second-order valence-electron chi connectivity index (χ2n) is 10.8. The number of ether oxygens (including phenoxy) is 2. The number of hydrogen-bond donors (Lipinski definition) is 0. The summed E-state index contributed by atoms with van der Waals surface area (Å²) in [5.41, 5.74) is 3.41. The Bertz CT molecular complexity index is 1010. The molecule has 0 saturated heterocycles. The second kappa shape index (κ2) is 23.2. The van der Waals surface area contributed by atoms with Crippen LogP contribution < -0.4 is 0 Å². The Balaban J connectivity index is 0.000000363. The summed E-state index contributed by atoms with van der Waals surface area (Å²) < 4.78 is 10.7. The zero-order valence-electron chi connectivity index (χ0n) is 26.0. The summed E-state index contributed by atoms with van der Waals surface area (Å²) in [7, 11) is 0. The van der Waals surface area contributed by atoms with Gasteiger partial charge in [-0.1, -0.05) is 151 Å². The number of hydrogen-bond acceptors (Lipinski definition) is 4. The van der Waals surface area contributed by atoms with Crippen molar-refractivity contribution < 1.29 is 19.1 Å². The van der Waals surface area contributed by atoms with E-state index in [1.807, 2.05) is 0 Å². The Kier molecular flexibility index (Phi) is 19.2.